The summed E-state index contributed by atoms with van der Waals surface area (Å²) < 4.78 is 0. The standard InChI is InChI=1S/C16H25N/c1-3-17-16(11-14-8-6-9-14)12-15-10-5-4-7-13(15)2/h4-5,7,10,14,16-17H,3,6,8-9,11-12H2,1-2H3. The molecule has 94 valence electrons. The molecule has 17 heavy (non-hydrogen) atoms. The molecular formula is C16H25N. The van der Waals surface area contributed by atoms with E-state index in [9.17, 15) is 0 Å². The lowest BCUT2D eigenvalue weighted by Gasteiger charge is -2.30. The van der Waals surface area contributed by atoms with Gasteiger partial charge in [0.15, 0.2) is 0 Å². The van der Waals surface area contributed by atoms with Gasteiger partial charge < -0.3 is 5.32 Å². The smallest absolute Gasteiger partial charge is 0.0110 e. The van der Waals surface area contributed by atoms with Crippen molar-refractivity contribution in [2.24, 2.45) is 5.92 Å². The number of hydrogen-bond acceptors (Lipinski definition) is 1. The van der Waals surface area contributed by atoms with Crippen LogP contribution in [0.15, 0.2) is 24.3 Å². The number of likely N-dealkylation sites (N-methyl/N-ethyl adjacent to an activating group) is 1. The van der Waals surface area contributed by atoms with E-state index in [0.29, 0.717) is 6.04 Å². The van der Waals surface area contributed by atoms with Crippen LogP contribution in [0.1, 0.15) is 43.7 Å². The van der Waals surface area contributed by atoms with Crippen molar-refractivity contribution in [3.63, 3.8) is 0 Å². The maximum Gasteiger partial charge on any atom is 0.0110 e. The van der Waals surface area contributed by atoms with Crippen molar-refractivity contribution in [3.8, 4) is 0 Å². The summed E-state index contributed by atoms with van der Waals surface area (Å²) in [4.78, 5) is 0. The van der Waals surface area contributed by atoms with Crippen molar-refractivity contribution >= 4 is 0 Å². The van der Waals surface area contributed by atoms with Crippen LogP contribution in [-0.2, 0) is 6.42 Å². The lowest BCUT2D eigenvalue weighted by molar-refractivity contribution is 0.260. The van der Waals surface area contributed by atoms with Crippen LogP contribution in [0.2, 0.25) is 0 Å². The first-order valence-electron chi connectivity index (χ1n) is 7.07. The zero-order valence-electron chi connectivity index (χ0n) is 11.2. The van der Waals surface area contributed by atoms with Gasteiger partial charge in [-0.05, 0) is 43.4 Å². The number of rotatable bonds is 6. The normalized spacial score (nSPS) is 17.8. The number of nitrogens with one attached hydrogen (secondary N) is 1. The van der Waals surface area contributed by atoms with Crippen LogP contribution in [0.4, 0.5) is 0 Å². The van der Waals surface area contributed by atoms with Crippen LogP contribution < -0.4 is 5.32 Å². The van der Waals surface area contributed by atoms with Gasteiger partial charge in [0.1, 0.15) is 0 Å². The molecule has 0 radical (unpaired) electrons. The minimum absolute atomic E-state index is 0.673. The average molecular weight is 231 g/mol. The highest BCUT2D eigenvalue weighted by molar-refractivity contribution is 5.26. The molecule has 1 heteroatoms. The first kappa shape index (κ1) is 12.6. The molecule has 0 aliphatic heterocycles. The topological polar surface area (TPSA) is 12.0 Å². The minimum Gasteiger partial charge on any atom is -0.314 e. The van der Waals surface area contributed by atoms with Crippen LogP contribution in [0.5, 0.6) is 0 Å². The second-order valence-electron chi connectivity index (χ2n) is 5.42. The van der Waals surface area contributed by atoms with Crippen molar-refractivity contribution in [2.75, 3.05) is 6.54 Å². The van der Waals surface area contributed by atoms with Gasteiger partial charge in [-0.2, -0.15) is 0 Å². The highest BCUT2D eigenvalue weighted by Crippen LogP contribution is 2.31. The molecule has 1 aromatic carbocycles. The molecule has 1 saturated carbocycles. The van der Waals surface area contributed by atoms with E-state index in [0.717, 1.165) is 12.5 Å². The summed E-state index contributed by atoms with van der Waals surface area (Å²) in [6.07, 6.45) is 6.92. The molecule has 1 aliphatic rings. The van der Waals surface area contributed by atoms with Crippen molar-refractivity contribution in [1.82, 2.24) is 5.32 Å². The molecule has 1 nitrogen and oxygen atoms in total. The minimum atomic E-state index is 0.673. The Labute approximate surface area is 106 Å². The molecule has 0 amide bonds. The lowest BCUT2D eigenvalue weighted by atomic mass is 9.79. The van der Waals surface area contributed by atoms with Crippen LogP contribution >= 0.6 is 0 Å². The maximum atomic E-state index is 3.66. The highest BCUT2D eigenvalue weighted by atomic mass is 14.9. The fourth-order valence-corrected chi connectivity index (χ4v) is 2.76. The molecule has 1 unspecified atom stereocenters. The molecule has 0 saturated heterocycles. The molecule has 0 aromatic heterocycles. The molecule has 0 spiro atoms. The zero-order valence-corrected chi connectivity index (χ0v) is 11.2. The largest absolute Gasteiger partial charge is 0.314 e. The first-order chi connectivity index (χ1) is 8.29. The van der Waals surface area contributed by atoms with Crippen LogP contribution in [0.25, 0.3) is 0 Å². The van der Waals surface area contributed by atoms with Crippen molar-refractivity contribution in [1.29, 1.82) is 0 Å². The van der Waals surface area contributed by atoms with Gasteiger partial charge in [-0.15, -0.1) is 0 Å². The predicted molar refractivity (Wildman–Crippen MR) is 74.3 cm³/mol. The fraction of sp³-hybridized carbons (Fsp3) is 0.625. The summed E-state index contributed by atoms with van der Waals surface area (Å²) in [5, 5.41) is 3.66. The monoisotopic (exact) mass is 231 g/mol. The zero-order chi connectivity index (χ0) is 12.1. The Kier molecular flexibility index (Phi) is 4.61. The van der Waals surface area contributed by atoms with Gasteiger partial charge in [-0.25, -0.2) is 0 Å². The third-order valence-electron chi connectivity index (χ3n) is 4.06. The Balaban J connectivity index is 1.93. The van der Waals surface area contributed by atoms with Crippen molar-refractivity contribution in [3.05, 3.63) is 35.4 Å². The van der Waals surface area contributed by atoms with Gasteiger partial charge in [0.25, 0.3) is 0 Å². The first-order valence-corrected chi connectivity index (χ1v) is 7.07. The summed E-state index contributed by atoms with van der Waals surface area (Å²) in [7, 11) is 0. The van der Waals surface area contributed by atoms with Gasteiger partial charge in [0.2, 0.25) is 0 Å². The van der Waals surface area contributed by atoms with E-state index < -0.39 is 0 Å². The summed E-state index contributed by atoms with van der Waals surface area (Å²) in [5.41, 5.74) is 2.95. The van der Waals surface area contributed by atoms with Gasteiger partial charge in [-0.1, -0.05) is 50.5 Å². The predicted octanol–water partition coefficient (Wildman–Crippen LogP) is 3.71. The molecule has 0 bridgehead atoms. The molecule has 1 N–H and O–H groups in total. The van der Waals surface area contributed by atoms with E-state index in [1.165, 1.54) is 43.2 Å². The average Bonchev–Trinajstić information content (AvgIpc) is 2.26. The highest BCUT2D eigenvalue weighted by Gasteiger charge is 2.21. The second-order valence-corrected chi connectivity index (χ2v) is 5.42. The van der Waals surface area contributed by atoms with E-state index in [2.05, 4.69) is 43.4 Å². The van der Waals surface area contributed by atoms with Crippen LogP contribution in [-0.4, -0.2) is 12.6 Å². The summed E-state index contributed by atoms with van der Waals surface area (Å²) in [5.74, 6) is 0.989. The third-order valence-corrected chi connectivity index (χ3v) is 4.06. The SMILES string of the molecule is CCNC(Cc1ccccc1C)CC1CCC1. The van der Waals surface area contributed by atoms with Gasteiger partial charge >= 0.3 is 0 Å². The Morgan fingerprint density at radius 2 is 2.06 bits per heavy atom. The number of benzene rings is 1. The number of hydrogen-bond donors (Lipinski definition) is 1. The molecule has 1 aliphatic carbocycles. The maximum absolute atomic E-state index is 3.66. The van der Waals surface area contributed by atoms with E-state index in [-0.39, 0.29) is 0 Å². The molecule has 1 fully saturated rings. The van der Waals surface area contributed by atoms with Crippen molar-refractivity contribution < 1.29 is 0 Å². The summed E-state index contributed by atoms with van der Waals surface area (Å²) in [6.45, 7) is 5.52. The van der Waals surface area contributed by atoms with Crippen LogP contribution in [0, 0.1) is 12.8 Å². The molecule has 2 rings (SSSR count). The fourth-order valence-electron chi connectivity index (χ4n) is 2.76. The van der Waals surface area contributed by atoms with Crippen molar-refractivity contribution in [2.45, 2.75) is 52.0 Å². The van der Waals surface area contributed by atoms with Gasteiger partial charge in [0, 0.05) is 6.04 Å². The Morgan fingerprint density at radius 3 is 2.65 bits per heavy atom. The van der Waals surface area contributed by atoms with Crippen LogP contribution in [0.3, 0.4) is 0 Å². The second kappa shape index (κ2) is 6.20. The molecule has 1 atom stereocenters. The van der Waals surface area contributed by atoms with Gasteiger partial charge in [0.05, 0.1) is 0 Å². The Hall–Kier alpha value is -0.820. The third kappa shape index (κ3) is 3.57. The van der Waals surface area contributed by atoms with E-state index in [4.69, 9.17) is 0 Å². The Morgan fingerprint density at radius 1 is 1.29 bits per heavy atom. The van der Waals surface area contributed by atoms with Gasteiger partial charge in [-0.3, -0.25) is 0 Å². The van der Waals surface area contributed by atoms with E-state index in [1.807, 2.05) is 0 Å². The van der Waals surface area contributed by atoms with E-state index in [1.54, 1.807) is 0 Å². The number of aryl methyl sites for hydroxylation is 1. The Bertz CT molecular complexity index is 341. The summed E-state index contributed by atoms with van der Waals surface area (Å²) >= 11 is 0. The molecule has 0 heterocycles. The quantitative estimate of drug-likeness (QED) is 0.787. The molecular weight excluding hydrogens is 206 g/mol. The lowest BCUT2D eigenvalue weighted by Crippen LogP contribution is -2.34. The molecule has 1 aromatic rings. The summed E-state index contributed by atoms with van der Waals surface area (Å²) in [6, 6.07) is 9.47. The van der Waals surface area contributed by atoms with E-state index >= 15 is 0 Å².